The van der Waals surface area contributed by atoms with Crippen molar-refractivity contribution in [1.82, 2.24) is 0 Å². The summed E-state index contributed by atoms with van der Waals surface area (Å²) in [7, 11) is 0. The van der Waals surface area contributed by atoms with Gasteiger partial charge in [0.25, 0.3) is 5.91 Å². The van der Waals surface area contributed by atoms with Gasteiger partial charge in [-0.1, -0.05) is 18.2 Å². The van der Waals surface area contributed by atoms with Gasteiger partial charge in [-0.2, -0.15) is 0 Å². The molecular weight excluding hydrogens is 410 g/mol. The number of benzene rings is 1. The monoisotopic (exact) mass is 417 g/mol. The first-order chi connectivity index (χ1) is 9.41. The molecule has 1 aromatic carbocycles. The molecule has 0 fully saturated rings. The van der Waals surface area contributed by atoms with Gasteiger partial charge in [-0.15, -0.1) is 11.3 Å². The Kier molecular flexibility index (Phi) is 4.62. The first kappa shape index (κ1) is 15.2. The maximum absolute atomic E-state index is 12.3. The lowest BCUT2D eigenvalue weighted by Crippen LogP contribution is -2.16. The highest BCUT2D eigenvalue weighted by Crippen LogP contribution is 2.37. The minimum absolute atomic E-state index is 0.0343. The topological polar surface area (TPSA) is 66.4 Å². The summed E-state index contributed by atoms with van der Waals surface area (Å²) in [6.07, 6.45) is 0. The smallest absolute Gasteiger partial charge is 0.338 e. The summed E-state index contributed by atoms with van der Waals surface area (Å²) in [5.41, 5.74) is 1.65. The summed E-state index contributed by atoms with van der Waals surface area (Å²) in [5.74, 6) is -1.60. The number of carboxylic acids is 1. The van der Waals surface area contributed by atoms with Crippen molar-refractivity contribution < 1.29 is 14.7 Å². The third-order valence-corrected chi connectivity index (χ3v) is 5.19. The number of aromatic carboxylic acids is 1. The number of aryl methyl sites for hydroxylation is 1. The molecule has 20 heavy (non-hydrogen) atoms. The lowest BCUT2D eigenvalue weighted by atomic mass is 10.1. The SMILES string of the molecule is Cc1ccccc1NC(=O)c1c(Br)sc(Br)c1C(=O)O. The molecule has 2 rings (SSSR count). The number of rotatable bonds is 3. The summed E-state index contributed by atoms with van der Waals surface area (Å²) in [4.78, 5) is 23.6. The van der Waals surface area contributed by atoms with Gasteiger partial charge in [0.2, 0.25) is 0 Å². The Morgan fingerprint density at radius 3 is 2.35 bits per heavy atom. The summed E-state index contributed by atoms with van der Waals surface area (Å²) >= 11 is 7.56. The number of nitrogens with one attached hydrogen (secondary N) is 1. The van der Waals surface area contributed by atoms with Gasteiger partial charge in [0.15, 0.2) is 0 Å². The maximum Gasteiger partial charge on any atom is 0.338 e. The second kappa shape index (κ2) is 6.07. The molecular formula is C13H9Br2NO3S. The van der Waals surface area contributed by atoms with E-state index in [1.165, 1.54) is 0 Å². The molecule has 1 aromatic heterocycles. The number of carbonyl (C=O) groups excluding carboxylic acids is 1. The maximum atomic E-state index is 12.3. The van der Waals surface area contributed by atoms with Crippen LogP contribution in [0.2, 0.25) is 0 Å². The van der Waals surface area contributed by atoms with E-state index < -0.39 is 11.9 Å². The lowest BCUT2D eigenvalue weighted by Gasteiger charge is -2.08. The standard InChI is InChI=1S/C13H9Br2NO3S/c1-6-4-2-3-5-7(6)16-12(17)8-9(13(18)19)11(15)20-10(8)14/h2-5H,1H3,(H,16,17)(H,18,19). The molecule has 2 N–H and O–H groups in total. The molecule has 104 valence electrons. The number of thiophene rings is 1. The fraction of sp³-hybridized carbons (Fsp3) is 0.0769. The van der Waals surface area contributed by atoms with Crippen LogP contribution in [0.4, 0.5) is 5.69 Å². The van der Waals surface area contributed by atoms with Crippen molar-refractivity contribution in [2.45, 2.75) is 6.92 Å². The zero-order chi connectivity index (χ0) is 14.9. The van der Waals surface area contributed by atoms with Gasteiger partial charge in [-0.05, 0) is 50.4 Å². The molecule has 0 saturated carbocycles. The summed E-state index contributed by atoms with van der Waals surface area (Å²) < 4.78 is 0.889. The van der Waals surface area contributed by atoms with E-state index in [0.717, 1.165) is 16.9 Å². The van der Waals surface area contributed by atoms with Crippen LogP contribution < -0.4 is 5.32 Å². The van der Waals surface area contributed by atoms with Gasteiger partial charge < -0.3 is 10.4 Å². The largest absolute Gasteiger partial charge is 0.478 e. The molecule has 1 amide bonds. The predicted octanol–water partition coefficient (Wildman–Crippen LogP) is 4.53. The zero-order valence-corrected chi connectivity index (χ0v) is 14.2. The molecule has 0 radical (unpaired) electrons. The molecule has 4 nitrogen and oxygen atoms in total. The lowest BCUT2D eigenvalue weighted by molar-refractivity contribution is 0.0692. The Labute approximate surface area is 136 Å². The molecule has 0 bridgehead atoms. The van der Waals surface area contributed by atoms with Crippen molar-refractivity contribution in [3.05, 3.63) is 48.5 Å². The van der Waals surface area contributed by atoms with Crippen molar-refractivity contribution in [1.29, 1.82) is 0 Å². The quantitative estimate of drug-likeness (QED) is 0.769. The fourth-order valence-electron chi connectivity index (χ4n) is 1.67. The Bertz CT molecular complexity index is 697. The van der Waals surface area contributed by atoms with Crippen LogP contribution in [-0.4, -0.2) is 17.0 Å². The molecule has 7 heteroatoms. The second-order valence-electron chi connectivity index (χ2n) is 3.97. The van der Waals surface area contributed by atoms with Crippen molar-refractivity contribution in [2.24, 2.45) is 0 Å². The summed E-state index contributed by atoms with van der Waals surface area (Å²) in [5, 5.41) is 11.9. The zero-order valence-electron chi connectivity index (χ0n) is 10.2. The van der Waals surface area contributed by atoms with Crippen LogP contribution in [0.3, 0.4) is 0 Å². The van der Waals surface area contributed by atoms with E-state index in [2.05, 4.69) is 37.2 Å². The van der Waals surface area contributed by atoms with Crippen molar-refractivity contribution in [3.63, 3.8) is 0 Å². The highest BCUT2D eigenvalue weighted by molar-refractivity contribution is 9.12. The number of halogens is 2. The van der Waals surface area contributed by atoms with E-state index in [1.54, 1.807) is 12.1 Å². The van der Waals surface area contributed by atoms with Crippen LogP contribution in [0.1, 0.15) is 26.3 Å². The minimum Gasteiger partial charge on any atom is -0.478 e. The van der Waals surface area contributed by atoms with Gasteiger partial charge >= 0.3 is 5.97 Å². The average molecular weight is 419 g/mol. The number of hydrogen-bond acceptors (Lipinski definition) is 3. The third-order valence-electron chi connectivity index (χ3n) is 2.66. The second-order valence-corrected chi connectivity index (χ2v) is 7.63. The molecule has 2 aromatic rings. The molecule has 0 aliphatic carbocycles. The molecule has 0 unspecified atom stereocenters. The number of hydrogen-bond donors (Lipinski definition) is 2. The van der Waals surface area contributed by atoms with Gasteiger partial charge in [0.1, 0.15) is 0 Å². The number of carbonyl (C=O) groups is 2. The predicted molar refractivity (Wildman–Crippen MR) is 85.8 cm³/mol. The van der Waals surface area contributed by atoms with E-state index in [9.17, 15) is 14.7 Å². The van der Waals surface area contributed by atoms with Crippen LogP contribution in [0, 0.1) is 6.92 Å². The van der Waals surface area contributed by atoms with Crippen molar-refractivity contribution in [2.75, 3.05) is 5.32 Å². The molecule has 1 heterocycles. The Morgan fingerprint density at radius 1 is 1.15 bits per heavy atom. The number of para-hydroxylation sites is 1. The molecule has 0 aliphatic rings. The molecule has 0 spiro atoms. The first-order valence-corrected chi connectivity index (χ1v) is 7.90. The Morgan fingerprint density at radius 2 is 1.75 bits per heavy atom. The number of amides is 1. The van der Waals surface area contributed by atoms with E-state index in [4.69, 9.17) is 0 Å². The van der Waals surface area contributed by atoms with Crippen LogP contribution in [0.5, 0.6) is 0 Å². The molecule has 0 atom stereocenters. The minimum atomic E-state index is -1.14. The summed E-state index contributed by atoms with van der Waals surface area (Å²) in [6, 6.07) is 7.30. The van der Waals surface area contributed by atoms with E-state index in [-0.39, 0.29) is 11.1 Å². The van der Waals surface area contributed by atoms with Gasteiger partial charge in [-0.25, -0.2) is 4.79 Å². The van der Waals surface area contributed by atoms with Gasteiger partial charge in [-0.3, -0.25) is 4.79 Å². The Balaban J connectivity index is 2.40. The Hall–Kier alpha value is -1.18. The van der Waals surface area contributed by atoms with Crippen molar-refractivity contribution >= 4 is 60.8 Å². The average Bonchev–Trinajstić information content (AvgIpc) is 2.67. The van der Waals surface area contributed by atoms with E-state index >= 15 is 0 Å². The summed E-state index contributed by atoms with van der Waals surface area (Å²) in [6.45, 7) is 1.87. The van der Waals surface area contributed by atoms with Crippen molar-refractivity contribution in [3.8, 4) is 0 Å². The van der Waals surface area contributed by atoms with Crippen LogP contribution in [0.15, 0.2) is 31.8 Å². The first-order valence-electron chi connectivity index (χ1n) is 5.50. The highest BCUT2D eigenvalue weighted by Gasteiger charge is 2.26. The van der Waals surface area contributed by atoms with Gasteiger partial charge in [0.05, 0.1) is 18.7 Å². The van der Waals surface area contributed by atoms with Crippen LogP contribution in [-0.2, 0) is 0 Å². The third kappa shape index (κ3) is 2.94. The van der Waals surface area contributed by atoms with Gasteiger partial charge in [0, 0.05) is 5.69 Å². The highest BCUT2D eigenvalue weighted by atomic mass is 79.9. The van der Waals surface area contributed by atoms with E-state index in [0.29, 0.717) is 13.3 Å². The van der Waals surface area contributed by atoms with Crippen LogP contribution in [0.25, 0.3) is 0 Å². The fourth-order valence-corrected chi connectivity index (χ4v) is 4.78. The van der Waals surface area contributed by atoms with Crippen LogP contribution >= 0.6 is 43.2 Å². The molecule has 0 aliphatic heterocycles. The number of anilines is 1. The normalized spacial score (nSPS) is 10.3. The number of carboxylic acid groups (broad SMARTS) is 1. The van der Waals surface area contributed by atoms with E-state index in [1.807, 2.05) is 19.1 Å². The molecule has 0 saturated heterocycles.